The zero-order chi connectivity index (χ0) is 13.2. The van der Waals surface area contributed by atoms with E-state index in [2.05, 4.69) is 0 Å². The summed E-state index contributed by atoms with van der Waals surface area (Å²) in [5, 5.41) is 9.01. The standard InChI is InChI=1S/C12H13F3O2/c1-7(2)10(11(16)17)8-4-3-5-9(6-8)12(13,14)15/h3-7,10H,1-2H3,(H,16,17). The number of carboxylic acid groups (broad SMARTS) is 1. The molecule has 1 atom stereocenters. The van der Waals surface area contributed by atoms with Gasteiger partial charge in [-0.15, -0.1) is 0 Å². The molecule has 2 nitrogen and oxygen atoms in total. The fourth-order valence-corrected chi connectivity index (χ4v) is 1.72. The summed E-state index contributed by atoms with van der Waals surface area (Å²) >= 11 is 0. The molecule has 5 heteroatoms. The summed E-state index contributed by atoms with van der Waals surface area (Å²) in [6.45, 7) is 3.33. The first-order chi connectivity index (χ1) is 7.73. The Labute approximate surface area is 97.1 Å². The fraction of sp³-hybridized carbons (Fsp3) is 0.417. The van der Waals surface area contributed by atoms with E-state index in [0.717, 1.165) is 12.1 Å². The zero-order valence-corrected chi connectivity index (χ0v) is 9.45. The topological polar surface area (TPSA) is 37.3 Å². The first-order valence-electron chi connectivity index (χ1n) is 5.13. The van der Waals surface area contributed by atoms with E-state index in [9.17, 15) is 18.0 Å². The van der Waals surface area contributed by atoms with Gasteiger partial charge in [0.1, 0.15) is 0 Å². The Morgan fingerprint density at radius 3 is 2.29 bits per heavy atom. The van der Waals surface area contributed by atoms with Crippen molar-refractivity contribution in [1.82, 2.24) is 0 Å². The second-order valence-electron chi connectivity index (χ2n) is 4.18. The summed E-state index contributed by atoms with van der Waals surface area (Å²) in [6.07, 6.45) is -4.45. The van der Waals surface area contributed by atoms with Crippen LogP contribution in [0.3, 0.4) is 0 Å². The first-order valence-corrected chi connectivity index (χ1v) is 5.13. The van der Waals surface area contributed by atoms with Crippen LogP contribution in [0, 0.1) is 5.92 Å². The van der Waals surface area contributed by atoms with E-state index in [0.29, 0.717) is 0 Å². The molecule has 0 radical (unpaired) electrons. The number of rotatable bonds is 3. The Bertz CT molecular complexity index is 410. The number of hydrogen-bond donors (Lipinski definition) is 1. The van der Waals surface area contributed by atoms with Gasteiger partial charge in [-0.1, -0.05) is 32.0 Å². The molecule has 0 aliphatic carbocycles. The molecule has 0 heterocycles. The van der Waals surface area contributed by atoms with Gasteiger partial charge in [0.2, 0.25) is 0 Å². The molecule has 0 spiro atoms. The Hall–Kier alpha value is -1.52. The van der Waals surface area contributed by atoms with Crippen LogP contribution < -0.4 is 0 Å². The largest absolute Gasteiger partial charge is 0.481 e. The Morgan fingerprint density at radius 1 is 1.29 bits per heavy atom. The van der Waals surface area contributed by atoms with Crippen molar-refractivity contribution < 1.29 is 23.1 Å². The third-order valence-corrected chi connectivity index (χ3v) is 2.51. The molecule has 17 heavy (non-hydrogen) atoms. The van der Waals surface area contributed by atoms with Crippen molar-refractivity contribution in [2.75, 3.05) is 0 Å². The maximum Gasteiger partial charge on any atom is 0.416 e. The molecule has 0 saturated carbocycles. The summed E-state index contributed by atoms with van der Waals surface area (Å²) in [5.41, 5.74) is -0.635. The summed E-state index contributed by atoms with van der Waals surface area (Å²) in [4.78, 5) is 11.0. The minimum atomic E-state index is -4.45. The van der Waals surface area contributed by atoms with Crippen LogP contribution in [-0.4, -0.2) is 11.1 Å². The molecular formula is C12H13F3O2. The summed E-state index contributed by atoms with van der Waals surface area (Å²) in [5.74, 6) is -2.30. The highest BCUT2D eigenvalue weighted by atomic mass is 19.4. The molecule has 94 valence electrons. The minimum Gasteiger partial charge on any atom is -0.481 e. The zero-order valence-electron chi connectivity index (χ0n) is 9.45. The third-order valence-electron chi connectivity index (χ3n) is 2.51. The third kappa shape index (κ3) is 3.22. The van der Waals surface area contributed by atoms with Crippen LogP contribution in [0.2, 0.25) is 0 Å². The molecule has 0 amide bonds. The number of alkyl halides is 3. The van der Waals surface area contributed by atoms with E-state index >= 15 is 0 Å². The van der Waals surface area contributed by atoms with Crippen LogP contribution in [0.1, 0.15) is 30.9 Å². The van der Waals surface area contributed by atoms with Crippen molar-refractivity contribution in [3.8, 4) is 0 Å². The number of aliphatic carboxylic acids is 1. The Balaban J connectivity index is 3.18. The highest BCUT2D eigenvalue weighted by molar-refractivity contribution is 5.76. The van der Waals surface area contributed by atoms with Gasteiger partial charge in [-0.3, -0.25) is 4.79 Å². The lowest BCUT2D eigenvalue weighted by molar-refractivity contribution is -0.141. The van der Waals surface area contributed by atoms with Crippen molar-refractivity contribution in [1.29, 1.82) is 0 Å². The molecule has 0 aliphatic heterocycles. The van der Waals surface area contributed by atoms with E-state index in [1.807, 2.05) is 0 Å². The number of halogens is 3. The van der Waals surface area contributed by atoms with Crippen LogP contribution in [0.5, 0.6) is 0 Å². The number of hydrogen-bond acceptors (Lipinski definition) is 1. The van der Waals surface area contributed by atoms with Gasteiger partial charge < -0.3 is 5.11 Å². The van der Waals surface area contributed by atoms with E-state index in [4.69, 9.17) is 5.11 Å². The van der Waals surface area contributed by atoms with Crippen LogP contribution >= 0.6 is 0 Å². The predicted molar refractivity (Wildman–Crippen MR) is 56.7 cm³/mol. The lowest BCUT2D eigenvalue weighted by Crippen LogP contribution is -2.18. The van der Waals surface area contributed by atoms with E-state index < -0.39 is 23.6 Å². The number of carbonyl (C=O) groups is 1. The van der Waals surface area contributed by atoms with Crippen molar-refractivity contribution in [2.45, 2.75) is 25.9 Å². The quantitative estimate of drug-likeness (QED) is 0.885. The highest BCUT2D eigenvalue weighted by Crippen LogP contribution is 2.32. The van der Waals surface area contributed by atoms with Crippen LogP contribution in [-0.2, 0) is 11.0 Å². The second-order valence-corrected chi connectivity index (χ2v) is 4.18. The van der Waals surface area contributed by atoms with E-state index in [-0.39, 0.29) is 11.5 Å². The van der Waals surface area contributed by atoms with Crippen molar-refractivity contribution in [3.63, 3.8) is 0 Å². The van der Waals surface area contributed by atoms with Crippen molar-refractivity contribution >= 4 is 5.97 Å². The predicted octanol–water partition coefficient (Wildman–Crippen LogP) is 3.53. The van der Waals surface area contributed by atoms with Crippen LogP contribution in [0.25, 0.3) is 0 Å². The average molecular weight is 246 g/mol. The minimum absolute atomic E-state index is 0.183. The smallest absolute Gasteiger partial charge is 0.416 e. The van der Waals surface area contributed by atoms with Gasteiger partial charge in [0.25, 0.3) is 0 Å². The molecule has 0 aliphatic rings. The molecule has 1 rings (SSSR count). The lowest BCUT2D eigenvalue weighted by Gasteiger charge is -2.18. The molecule has 0 fully saturated rings. The summed E-state index contributed by atoms with van der Waals surface area (Å²) in [7, 11) is 0. The van der Waals surface area contributed by atoms with Crippen molar-refractivity contribution in [3.05, 3.63) is 35.4 Å². The average Bonchev–Trinajstić information content (AvgIpc) is 2.15. The molecule has 1 aromatic rings. The number of benzene rings is 1. The molecule has 0 saturated heterocycles. The van der Waals surface area contributed by atoms with Crippen LogP contribution in [0.15, 0.2) is 24.3 Å². The van der Waals surface area contributed by atoms with Gasteiger partial charge in [0.15, 0.2) is 0 Å². The van der Waals surface area contributed by atoms with E-state index in [1.165, 1.54) is 12.1 Å². The van der Waals surface area contributed by atoms with Crippen molar-refractivity contribution in [2.24, 2.45) is 5.92 Å². The number of carboxylic acids is 1. The molecule has 1 N–H and O–H groups in total. The van der Waals surface area contributed by atoms with Gasteiger partial charge >= 0.3 is 12.1 Å². The molecular weight excluding hydrogens is 233 g/mol. The maximum atomic E-state index is 12.5. The maximum absolute atomic E-state index is 12.5. The van der Waals surface area contributed by atoms with Crippen LogP contribution in [0.4, 0.5) is 13.2 Å². The molecule has 1 aromatic carbocycles. The van der Waals surface area contributed by atoms with Gasteiger partial charge in [-0.05, 0) is 17.5 Å². The SMILES string of the molecule is CC(C)C(C(=O)O)c1cccc(C(F)(F)F)c1. The Morgan fingerprint density at radius 2 is 1.88 bits per heavy atom. The van der Waals surface area contributed by atoms with Gasteiger partial charge in [-0.2, -0.15) is 13.2 Å². The summed E-state index contributed by atoms with van der Waals surface area (Å²) in [6, 6.07) is 4.48. The second kappa shape index (κ2) is 4.77. The highest BCUT2D eigenvalue weighted by Gasteiger charge is 2.32. The van der Waals surface area contributed by atoms with Gasteiger partial charge in [-0.25, -0.2) is 0 Å². The summed E-state index contributed by atoms with van der Waals surface area (Å²) < 4.78 is 37.5. The molecule has 0 aromatic heterocycles. The van der Waals surface area contributed by atoms with E-state index in [1.54, 1.807) is 13.8 Å². The van der Waals surface area contributed by atoms with Gasteiger partial charge in [0, 0.05) is 0 Å². The first kappa shape index (κ1) is 13.5. The fourth-order valence-electron chi connectivity index (χ4n) is 1.72. The lowest BCUT2D eigenvalue weighted by atomic mass is 9.88. The monoisotopic (exact) mass is 246 g/mol. The molecule has 0 bridgehead atoms. The Kier molecular flexibility index (Phi) is 3.80. The molecule has 1 unspecified atom stereocenters. The van der Waals surface area contributed by atoms with Gasteiger partial charge in [0.05, 0.1) is 11.5 Å². The normalized spacial score (nSPS) is 13.8.